The Bertz CT molecular complexity index is 618. The highest BCUT2D eigenvalue weighted by Crippen LogP contribution is 2.39. The Labute approximate surface area is 162 Å². The summed E-state index contributed by atoms with van der Waals surface area (Å²) in [6.07, 6.45) is 7.49. The highest BCUT2D eigenvalue weighted by molar-refractivity contribution is 5.80. The van der Waals surface area contributed by atoms with Gasteiger partial charge in [-0.2, -0.15) is 0 Å². The van der Waals surface area contributed by atoms with Gasteiger partial charge in [0.1, 0.15) is 6.61 Å². The summed E-state index contributed by atoms with van der Waals surface area (Å²) < 4.78 is 4.92. The van der Waals surface area contributed by atoms with E-state index in [9.17, 15) is 9.59 Å². The van der Waals surface area contributed by atoms with E-state index in [1.807, 2.05) is 0 Å². The van der Waals surface area contributed by atoms with Crippen LogP contribution in [0.15, 0.2) is 30.3 Å². The van der Waals surface area contributed by atoms with Gasteiger partial charge in [0.15, 0.2) is 0 Å². The van der Waals surface area contributed by atoms with Gasteiger partial charge in [-0.05, 0) is 31.2 Å². The summed E-state index contributed by atoms with van der Waals surface area (Å²) in [6.45, 7) is 2.13. The topological polar surface area (TPSA) is 58.6 Å². The van der Waals surface area contributed by atoms with Gasteiger partial charge in [-0.3, -0.25) is 9.59 Å². The smallest absolute Gasteiger partial charge is 0.248 e. The number of ether oxygens (including phenoxy) is 1. The van der Waals surface area contributed by atoms with Gasteiger partial charge < -0.3 is 15.0 Å². The third kappa shape index (κ3) is 4.89. The second-order valence-corrected chi connectivity index (χ2v) is 8.01. The first kappa shape index (κ1) is 19.9. The molecule has 5 heteroatoms. The number of rotatable bonds is 6. The molecule has 148 valence electrons. The van der Waals surface area contributed by atoms with E-state index in [1.54, 1.807) is 4.90 Å². The zero-order valence-electron chi connectivity index (χ0n) is 16.4. The monoisotopic (exact) mass is 372 g/mol. The van der Waals surface area contributed by atoms with Crippen LogP contribution < -0.4 is 5.32 Å². The number of carbonyl (C=O) groups is 2. The van der Waals surface area contributed by atoms with Crippen LogP contribution in [0, 0.1) is 5.92 Å². The molecule has 1 saturated heterocycles. The first-order valence-electron chi connectivity index (χ1n) is 10.2. The summed E-state index contributed by atoms with van der Waals surface area (Å²) in [5.41, 5.74) is 1.43. The highest BCUT2D eigenvalue weighted by atomic mass is 16.5. The number of hydrogen-bond acceptors (Lipinski definition) is 3. The SMILES string of the molecule is COCC(=O)N1CCC(C(=O)NCC2(c3ccccc3)CCCCC2)CC1. The quantitative estimate of drug-likeness (QED) is 0.835. The summed E-state index contributed by atoms with van der Waals surface area (Å²) in [5.74, 6) is 0.171. The van der Waals surface area contributed by atoms with Gasteiger partial charge in [-0.25, -0.2) is 0 Å². The van der Waals surface area contributed by atoms with Gasteiger partial charge in [0.2, 0.25) is 11.8 Å². The molecule has 0 spiro atoms. The molecule has 2 amide bonds. The van der Waals surface area contributed by atoms with E-state index in [2.05, 4.69) is 35.6 Å². The van der Waals surface area contributed by atoms with Crippen LogP contribution in [0.2, 0.25) is 0 Å². The van der Waals surface area contributed by atoms with Crippen LogP contribution in [0.1, 0.15) is 50.5 Å². The molecule has 27 heavy (non-hydrogen) atoms. The van der Waals surface area contributed by atoms with Crippen molar-refractivity contribution in [2.24, 2.45) is 5.92 Å². The molecule has 1 aliphatic carbocycles. The minimum atomic E-state index is 0.00742. The maximum atomic E-state index is 12.8. The average Bonchev–Trinajstić information content (AvgIpc) is 2.73. The fourth-order valence-electron chi connectivity index (χ4n) is 4.59. The molecule has 1 saturated carbocycles. The lowest BCUT2D eigenvalue weighted by Crippen LogP contribution is -2.47. The first-order chi connectivity index (χ1) is 13.1. The molecule has 1 aromatic carbocycles. The van der Waals surface area contributed by atoms with Gasteiger partial charge in [0.25, 0.3) is 0 Å². The largest absolute Gasteiger partial charge is 0.375 e. The number of likely N-dealkylation sites (tertiary alicyclic amines) is 1. The van der Waals surface area contributed by atoms with Crippen LogP contribution in [0.3, 0.4) is 0 Å². The third-order valence-electron chi connectivity index (χ3n) is 6.28. The van der Waals surface area contributed by atoms with E-state index in [-0.39, 0.29) is 29.8 Å². The van der Waals surface area contributed by atoms with E-state index < -0.39 is 0 Å². The second-order valence-electron chi connectivity index (χ2n) is 8.01. The average molecular weight is 373 g/mol. The second kappa shape index (κ2) is 9.36. The number of carbonyl (C=O) groups excluding carboxylic acids is 2. The Morgan fingerprint density at radius 1 is 1.11 bits per heavy atom. The van der Waals surface area contributed by atoms with Gasteiger partial charge in [0, 0.05) is 38.1 Å². The van der Waals surface area contributed by atoms with Crippen LogP contribution in [-0.4, -0.2) is 50.1 Å². The van der Waals surface area contributed by atoms with Crippen molar-refractivity contribution >= 4 is 11.8 Å². The molecule has 0 atom stereocenters. The van der Waals surface area contributed by atoms with Crippen molar-refractivity contribution < 1.29 is 14.3 Å². The van der Waals surface area contributed by atoms with E-state index in [1.165, 1.54) is 31.9 Å². The number of methoxy groups -OCH3 is 1. The maximum Gasteiger partial charge on any atom is 0.248 e. The van der Waals surface area contributed by atoms with Gasteiger partial charge in [0.05, 0.1) is 0 Å². The highest BCUT2D eigenvalue weighted by Gasteiger charge is 2.35. The summed E-state index contributed by atoms with van der Waals surface area (Å²) >= 11 is 0. The van der Waals surface area contributed by atoms with Crippen molar-refractivity contribution in [1.29, 1.82) is 0 Å². The van der Waals surface area contributed by atoms with Crippen molar-refractivity contribution in [3.8, 4) is 0 Å². The predicted molar refractivity (Wildman–Crippen MR) is 105 cm³/mol. The van der Waals surface area contributed by atoms with Crippen molar-refractivity contribution in [2.45, 2.75) is 50.4 Å². The molecule has 0 unspecified atom stereocenters. The molecule has 5 nitrogen and oxygen atoms in total. The number of hydrogen-bond donors (Lipinski definition) is 1. The van der Waals surface area contributed by atoms with Gasteiger partial charge in [-0.15, -0.1) is 0 Å². The van der Waals surface area contributed by atoms with E-state index in [4.69, 9.17) is 4.74 Å². The lowest BCUT2D eigenvalue weighted by atomic mass is 9.69. The maximum absolute atomic E-state index is 12.8. The van der Waals surface area contributed by atoms with E-state index in [0.717, 1.165) is 32.2 Å². The molecular weight excluding hydrogens is 340 g/mol. The molecular formula is C22H32N2O3. The lowest BCUT2D eigenvalue weighted by Gasteiger charge is -2.39. The Kier molecular flexibility index (Phi) is 6.89. The van der Waals surface area contributed by atoms with Crippen LogP contribution in [0.5, 0.6) is 0 Å². The molecule has 1 N–H and O–H groups in total. The number of nitrogens with one attached hydrogen (secondary N) is 1. The lowest BCUT2D eigenvalue weighted by molar-refractivity contribution is -0.138. The number of amides is 2. The minimum absolute atomic E-state index is 0.00742. The zero-order chi connectivity index (χ0) is 19.1. The number of piperidine rings is 1. The number of benzene rings is 1. The molecule has 0 bridgehead atoms. The number of nitrogens with zero attached hydrogens (tertiary/aromatic N) is 1. The Hall–Kier alpha value is -1.88. The molecule has 0 aromatic heterocycles. The van der Waals surface area contributed by atoms with Gasteiger partial charge in [-0.1, -0.05) is 49.6 Å². The fourth-order valence-corrected chi connectivity index (χ4v) is 4.59. The van der Waals surface area contributed by atoms with Crippen LogP contribution in [0.25, 0.3) is 0 Å². The summed E-state index contributed by atoms with van der Waals surface area (Å²) in [7, 11) is 1.53. The third-order valence-corrected chi connectivity index (χ3v) is 6.28. The van der Waals surface area contributed by atoms with Crippen LogP contribution in [0.4, 0.5) is 0 Å². The minimum Gasteiger partial charge on any atom is -0.375 e. The molecule has 1 aromatic rings. The Morgan fingerprint density at radius 3 is 2.41 bits per heavy atom. The Morgan fingerprint density at radius 2 is 1.78 bits per heavy atom. The van der Waals surface area contributed by atoms with E-state index in [0.29, 0.717) is 13.1 Å². The van der Waals surface area contributed by atoms with Crippen molar-refractivity contribution in [3.05, 3.63) is 35.9 Å². The van der Waals surface area contributed by atoms with Crippen LogP contribution >= 0.6 is 0 Å². The molecule has 3 rings (SSSR count). The molecule has 0 radical (unpaired) electrons. The van der Waals surface area contributed by atoms with Crippen molar-refractivity contribution in [1.82, 2.24) is 10.2 Å². The first-order valence-corrected chi connectivity index (χ1v) is 10.2. The normalized spacial score (nSPS) is 20.3. The standard InChI is InChI=1S/C22H32N2O3/c1-27-16-20(25)24-14-10-18(11-15-24)21(26)23-17-22(12-6-3-7-13-22)19-8-4-2-5-9-19/h2,4-5,8-9,18H,3,6-7,10-17H2,1H3,(H,23,26). The molecule has 2 aliphatic rings. The molecule has 2 fully saturated rings. The van der Waals surface area contributed by atoms with E-state index >= 15 is 0 Å². The molecule has 1 aliphatic heterocycles. The van der Waals surface area contributed by atoms with Crippen molar-refractivity contribution in [2.75, 3.05) is 33.4 Å². The van der Waals surface area contributed by atoms with Crippen molar-refractivity contribution in [3.63, 3.8) is 0 Å². The Balaban J connectivity index is 1.55. The summed E-state index contributed by atoms with van der Waals surface area (Å²) in [4.78, 5) is 26.5. The summed E-state index contributed by atoms with van der Waals surface area (Å²) in [5, 5.41) is 3.26. The van der Waals surface area contributed by atoms with Crippen LogP contribution in [-0.2, 0) is 19.7 Å². The fraction of sp³-hybridized carbons (Fsp3) is 0.636. The molecule has 1 heterocycles. The zero-order valence-corrected chi connectivity index (χ0v) is 16.4. The van der Waals surface area contributed by atoms with Gasteiger partial charge >= 0.3 is 0 Å². The predicted octanol–water partition coefficient (Wildman–Crippen LogP) is 2.89. The summed E-state index contributed by atoms with van der Waals surface area (Å²) in [6, 6.07) is 10.7.